The molecule has 1 aromatic heterocycles. The van der Waals surface area contributed by atoms with Crippen molar-refractivity contribution in [2.75, 3.05) is 13.2 Å². The van der Waals surface area contributed by atoms with Gasteiger partial charge in [-0.2, -0.15) is 0 Å². The molecular weight excluding hydrogens is 1440 g/mol. The number of aliphatic carboxylic acids is 2. The van der Waals surface area contributed by atoms with Crippen LogP contribution in [0.15, 0.2) is 60.8 Å². The normalized spacial score (nSPS) is 16.3. The zero-order chi connectivity index (χ0) is 82.6. The van der Waals surface area contributed by atoms with Crippen molar-refractivity contribution in [1.82, 2.24) is 63.1 Å². The number of carbonyl (C=O) groups is 15. The number of likely N-dealkylation sites (tertiary alicyclic amines) is 1. The molecule has 1 saturated heterocycles. The third kappa shape index (κ3) is 32.4. The number of aromatic amines is 1. The molecule has 1 aliphatic rings. The van der Waals surface area contributed by atoms with Crippen molar-refractivity contribution in [3.63, 3.8) is 0 Å². The van der Waals surface area contributed by atoms with Gasteiger partial charge in [0.1, 0.15) is 66.5 Å². The fraction of sp³-hybridized carbons (Fsp3) is 0.623. The minimum Gasteiger partial charge on any atom is -0.480 e. The standard InChI is InChI=1S/C77H118N14O20/c1-9-45(6)64(73(105)90-66(47(8)94)75(107)85-54(37-44(4)5)69(101)87-57(77(110)111)39-49-41-80-51-29-24-23-28-50(49)51)88-67(99)52(33-34-60(78)95)82-72(104)59-30-25-35-91(59)63(98)32-22-17-15-13-11-10-12-14-16-21-31-62(97)81-58(42-92)71(103)89-65(46(7)93)74(106)84-53(36-43(2)3)68(100)83-55(40-61(79)96)70(102)86-56(76(108)109)38-48-26-19-18-20-27-48/h18-20,23-24,26-29,41,43-47,52-59,64-66,80,92-94H,9-17,21-22,25,30-40,42H2,1-8H3,(H2,78,95)(H2,79,96)(H,81,97)(H,82,104)(H,83,100)(H,84,106)(H,85,107)(H,86,102)(H,87,101)(H,88,99)(H,89,103)(H,90,105)(H,108,109)(H,110,111)/t45-,46-,47+,52-,53+,54-,55+,56+,57-,58+,59-,64-,65+,66-/m0/s1. The van der Waals surface area contributed by atoms with Crippen LogP contribution in [0, 0.1) is 17.8 Å². The molecule has 1 fully saturated rings. The van der Waals surface area contributed by atoms with Gasteiger partial charge in [-0.25, -0.2) is 9.59 Å². The van der Waals surface area contributed by atoms with Crippen molar-refractivity contribution >= 4 is 99.6 Å². The van der Waals surface area contributed by atoms with Gasteiger partial charge < -0.3 is 100 Å². The van der Waals surface area contributed by atoms with Crippen LogP contribution >= 0.6 is 0 Å². The molecule has 0 radical (unpaired) electrons. The number of rotatable bonds is 52. The predicted octanol–water partition coefficient (Wildman–Crippen LogP) is 0.676. The monoisotopic (exact) mass is 1560 g/mol. The van der Waals surface area contributed by atoms with E-state index >= 15 is 0 Å². The molecule has 0 bridgehead atoms. The number of carboxylic acid groups (broad SMARTS) is 2. The Bertz CT molecular complexity index is 3610. The van der Waals surface area contributed by atoms with Crippen LogP contribution in [0.5, 0.6) is 0 Å². The largest absolute Gasteiger partial charge is 0.480 e. The average molecular weight is 1560 g/mol. The van der Waals surface area contributed by atoms with E-state index in [-0.39, 0.29) is 69.1 Å². The van der Waals surface area contributed by atoms with Crippen LogP contribution < -0.4 is 64.6 Å². The number of nitrogens with two attached hydrogens (primary N) is 2. The molecule has 2 aromatic carbocycles. The highest BCUT2D eigenvalue weighted by Gasteiger charge is 2.40. The van der Waals surface area contributed by atoms with Gasteiger partial charge in [0.25, 0.3) is 0 Å². The van der Waals surface area contributed by atoms with Crippen LogP contribution in [0.1, 0.15) is 195 Å². The zero-order valence-corrected chi connectivity index (χ0v) is 64.9. The zero-order valence-electron chi connectivity index (χ0n) is 64.9. The van der Waals surface area contributed by atoms with E-state index in [0.717, 1.165) is 55.8 Å². The maximum atomic E-state index is 14.2. The van der Waals surface area contributed by atoms with Crippen molar-refractivity contribution < 1.29 is 97.5 Å². The lowest BCUT2D eigenvalue weighted by molar-refractivity contribution is -0.143. The lowest BCUT2D eigenvalue weighted by Gasteiger charge is -2.30. The highest BCUT2D eigenvalue weighted by Crippen LogP contribution is 2.23. The van der Waals surface area contributed by atoms with Gasteiger partial charge in [0.15, 0.2) is 0 Å². The second-order valence-electron chi connectivity index (χ2n) is 29.6. The topological polar surface area (TPSA) is 549 Å². The number of nitrogens with one attached hydrogen (secondary N) is 11. The van der Waals surface area contributed by atoms with E-state index in [0.29, 0.717) is 56.2 Å². The third-order valence-electron chi connectivity index (χ3n) is 19.3. The number of hydrogen-bond acceptors (Lipinski definition) is 18. The highest BCUT2D eigenvalue weighted by molar-refractivity contribution is 6.00. The Morgan fingerprint density at radius 2 is 0.937 bits per heavy atom. The fourth-order valence-electron chi connectivity index (χ4n) is 12.9. The highest BCUT2D eigenvalue weighted by atomic mass is 16.4. The number of aromatic nitrogens is 1. The van der Waals surface area contributed by atoms with Crippen LogP contribution in [0.2, 0.25) is 0 Å². The summed E-state index contributed by atoms with van der Waals surface area (Å²) in [5.41, 5.74) is 12.9. The van der Waals surface area contributed by atoms with Crippen LogP contribution in [0.3, 0.4) is 0 Å². The van der Waals surface area contributed by atoms with Crippen molar-refractivity contribution in [1.29, 1.82) is 0 Å². The maximum Gasteiger partial charge on any atom is 0.326 e. The lowest BCUT2D eigenvalue weighted by Crippen LogP contribution is -2.62. The van der Waals surface area contributed by atoms with Gasteiger partial charge in [0.2, 0.25) is 76.8 Å². The molecule has 1 aliphatic heterocycles. The van der Waals surface area contributed by atoms with E-state index < -0.39 is 180 Å². The van der Waals surface area contributed by atoms with Crippen molar-refractivity contribution in [2.24, 2.45) is 29.2 Å². The molecule has 616 valence electrons. The second-order valence-corrected chi connectivity index (χ2v) is 29.6. The van der Waals surface area contributed by atoms with E-state index in [9.17, 15) is 97.5 Å². The van der Waals surface area contributed by atoms with Crippen molar-refractivity contribution in [2.45, 2.75) is 275 Å². The molecule has 20 N–H and O–H groups in total. The first-order valence-corrected chi connectivity index (χ1v) is 38.5. The van der Waals surface area contributed by atoms with Gasteiger partial charge in [0, 0.05) is 55.7 Å². The van der Waals surface area contributed by atoms with E-state index in [1.165, 1.54) is 18.7 Å². The molecule has 3 aromatic rings. The first-order chi connectivity index (χ1) is 52.5. The minimum absolute atomic E-state index is 0.00832. The van der Waals surface area contributed by atoms with Crippen molar-refractivity contribution in [3.05, 3.63) is 71.9 Å². The Morgan fingerprint density at radius 1 is 0.486 bits per heavy atom. The predicted molar refractivity (Wildman–Crippen MR) is 408 cm³/mol. The third-order valence-corrected chi connectivity index (χ3v) is 19.3. The molecular formula is C77H118N14O20. The molecule has 34 heteroatoms. The van der Waals surface area contributed by atoms with Gasteiger partial charge >= 0.3 is 11.9 Å². The molecule has 0 aliphatic carbocycles. The quantitative estimate of drug-likeness (QED) is 0.0345. The Kier molecular flexibility index (Phi) is 40.2. The smallest absolute Gasteiger partial charge is 0.326 e. The molecule has 2 heterocycles. The van der Waals surface area contributed by atoms with Crippen LogP contribution in [0.4, 0.5) is 0 Å². The van der Waals surface area contributed by atoms with E-state index in [1.54, 1.807) is 84.1 Å². The van der Waals surface area contributed by atoms with Crippen molar-refractivity contribution in [3.8, 4) is 0 Å². The summed E-state index contributed by atoms with van der Waals surface area (Å²) in [7, 11) is 0. The Morgan fingerprint density at radius 3 is 1.44 bits per heavy atom. The Hall–Kier alpha value is -10.1. The Labute approximate surface area is 647 Å². The van der Waals surface area contributed by atoms with Gasteiger partial charge in [-0.3, -0.25) is 62.3 Å². The number of H-pyrrole nitrogens is 1. The van der Waals surface area contributed by atoms with Gasteiger partial charge in [-0.1, -0.05) is 148 Å². The molecule has 13 amide bonds. The van der Waals surface area contributed by atoms with Gasteiger partial charge in [0.05, 0.1) is 25.2 Å². The molecule has 0 unspecified atom stereocenters. The summed E-state index contributed by atoms with van der Waals surface area (Å²) in [4.78, 5) is 204. The number of benzene rings is 2. The van der Waals surface area contributed by atoms with Gasteiger partial charge in [-0.15, -0.1) is 0 Å². The summed E-state index contributed by atoms with van der Waals surface area (Å²) >= 11 is 0. The molecule has 111 heavy (non-hydrogen) atoms. The summed E-state index contributed by atoms with van der Waals surface area (Å²) in [5, 5.41) is 77.3. The summed E-state index contributed by atoms with van der Waals surface area (Å²) in [6.07, 6.45) is 5.91. The lowest BCUT2D eigenvalue weighted by atomic mass is 9.96. The van der Waals surface area contributed by atoms with Gasteiger partial charge in [-0.05, 0) is 93.7 Å². The minimum atomic E-state index is -1.72. The second kappa shape index (κ2) is 47.9. The first-order valence-electron chi connectivity index (χ1n) is 38.5. The number of fused-ring (bicyclic) bond motifs is 1. The number of nitrogens with zero attached hydrogens (tertiary/aromatic N) is 1. The fourth-order valence-corrected chi connectivity index (χ4v) is 12.9. The van der Waals surface area contributed by atoms with Crippen LogP contribution in [-0.2, 0) is 84.8 Å². The van der Waals surface area contributed by atoms with E-state index in [4.69, 9.17) is 11.5 Å². The Balaban J connectivity index is 1.20. The van der Waals surface area contributed by atoms with E-state index in [2.05, 4.69) is 58.2 Å². The maximum absolute atomic E-state index is 14.2. The number of hydrogen-bond donors (Lipinski definition) is 18. The summed E-state index contributed by atoms with van der Waals surface area (Å²) in [5.74, 6) is -14.7. The number of aliphatic hydroxyl groups excluding tert-OH is 3. The molecule has 14 atom stereocenters. The SMILES string of the molecule is CC[C@H](C)[C@H](NC(=O)[C@H](CCC(N)=O)NC(=O)[C@@H]1CCCN1C(=O)CCCCCCCCCCCCC(=O)N[C@H](CO)C(=O)N[C@@H](C(=O)N[C@H](CC(C)C)C(=O)N[C@H](CC(N)=O)C(=O)N[C@H](Cc1ccccc1)C(=O)O)[C@H](C)O)C(=O)N[C@H](C(=O)N[C@@H](CC(C)C)C(=O)N[C@@H](Cc1c[nH]c2ccccc12)C(=O)O)[C@@H](C)O. The summed E-state index contributed by atoms with van der Waals surface area (Å²) in [6.45, 7) is 12.2. The van der Waals surface area contributed by atoms with E-state index in [1.807, 2.05) is 18.2 Å². The van der Waals surface area contributed by atoms with Crippen LogP contribution in [0.25, 0.3) is 10.9 Å². The average Bonchev–Trinajstić information content (AvgIpc) is 1.74. The number of unbranched alkanes of at least 4 members (excludes halogenated alkanes) is 9. The number of aliphatic hydroxyl groups is 3. The first kappa shape index (κ1) is 93.3. The molecule has 0 spiro atoms. The number of carbonyl (C=O) groups excluding carboxylic acids is 13. The van der Waals surface area contributed by atoms with Crippen LogP contribution in [-0.4, -0.2) is 216 Å². The number of primary amides is 2. The molecule has 4 rings (SSSR count). The summed E-state index contributed by atoms with van der Waals surface area (Å²) in [6, 6.07) is -0.263. The number of amides is 13. The number of para-hydroxylation sites is 1. The molecule has 34 nitrogen and oxygen atoms in total. The summed E-state index contributed by atoms with van der Waals surface area (Å²) < 4.78 is 0. The molecule has 0 saturated carbocycles. The number of carboxylic acids is 2.